The first-order chi connectivity index (χ1) is 7.74. The third-order valence-electron chi connectivity index (χ3n) is 2.18. The van der Waals surface area contributed by atoms with Crippen LogP contribution in [-0.2, 0) is 0 Å². The molecule has 0 aliphatic carbocycles. The third-order valence-corrected chi connectivity index (χ3v) is 4.97. The van der Waals surface area contributed by atoms with Crippen molar-refractivity contribution in [3.05, 3.63) is 39.5 Å². The highest BCUT2D eigenvalue weighted by atomic mass is 35.5. The number of nitrogens with zero attached hydrogens (tertiary/aromatic N) is 1. The molecule has 1 aromatic heterocycles. The molecule has 0 saturated heterocycles. The summed E-state index contributed by atoms with van der Waals surface area (Å²) in [5, 5.41) is 3.24. The molecular formula is C11H5Cl2NS2. The Morgan fingerprint density at radius 3 is 2.81 bits per heavy atom. The van der Waals surface area contributed by atoms with Gasteiger partial charge in [-0.1, -0.05) is 35.0 Å². The summed E-state index contributed by atoms with van der Waals surface area (Å²) in [6, 6.07) is 7.74. The highest BCUT2D eigenvalue weighted by molar-refractivity contribution is 7.99. The summed E-state index contributed by atoms with van der Waals surface area (Å²) in [5.74, 6) is 0. The smallest absolute Gasteiger partial charge is 0.148 e. The molecule has 0 fully saturated rings. The van der Waals surface area contributed by atoms with E-state index < -0.39 is 0 Å². The van der Waals surface area contributed by atoms with Crippen LogP contribution in [0.3, 0.4) is 0 Å². The number of aliphatic imine (C=N–C) groups is 1. The van der Waals surface area contributed by atoms with E-state index in [1.54, 1.807) is 23.1 Å². The first kappa shape index (κ1) is 10.7. The second kappa shape index (κ2) is 4.08. The summed E-state index contributed by atoms with van der Waals surface area (Å²) in [4.78, 5) is 7.66. The van der Waals surface area contributed by atoms with Crippen LogP contribution in [0.1, 0.15) is 4.88 Å². The van der Waals surface area contributed by atoms with Crippen molar-refractivity contribution >= 4 is 57.2 Å². The van der Waals surface area contributed by atoms with Gasteiger partial charge in [0.05, 0.1) is 10.6 Å². The molecule has 2 heterocycles. The molecule has 3 rings (SSSR count). The fraction of sp³-hybridized carbons (Fsp3) is 0. The molecule has 0 unspecified atom stereocenters. The maximum atomic E-state index is 6.18. The molecule has 80 valence electrons. The van der Waals surface area contributed by atoms with E-state index in [1.807, 2.05) is 23.6 Å². The lowest BCUT2D eigenvalue weighted by molar-refractivity contribution is 1.38. The molecule has 0 N–H and O–H groups in total. The third kappa shape index (κ3) is 1.78. The van der Waals surface area contributed by atoms with Gasteiger partial charge in [-0.2, -0.15) is 0 Å². The maximum Gasteiger partial charge on any atom is 0.148 e. The van der Waals surface area contributed by atoms with Crippen molar-refractivity contribution in [3.63, 3.8) is 0 Å². The van der Waals surface area contributed by atoms with E-state index in [0.717, 1.165) is 20.4 Å². The number of hydrogen-bond donors (Lipinski definition) is 0. The van der Waals surface area contributed by atoms with Crippen molar-refractivity contribution in [3.8, 4) is 0 Å². The summed E-state index contributed by atoms with van der Waals surface area (Å²) in [7, 11) is 0. The molecule has 0 bridgehead atoms. The number of rotatable bonds is 0. The molecule has 5 heteroatoms. The van der Waals surface area contributed by atoms with Crippen molar-refractivity contribution in [2.75, 3.05) is 0 Å². The molecule has 1 aliphatic rings. The van der Waals surface area contributed by atoms with Gasteiger partial charge in [-0.05, 0) is 29.6 Å². The van der Waals surface area contributed by atoms with Crippen molar-refractivity contribution in [1.82, 2.24) is 0 Å². The van der Waals surface area contributed by atoms with Crippen LogP contribution in [0.5, 0.6) is 0 Å². The molecule has 1 aliphatic heterocycles. The average Bonchev–Trinajstić information content (AvgIpc) is 2.65. The Bertz CT molecular complexity index is 589. The largest absolute Gasteiger partial charge is 0.234 e. The molecular weight excluding hydrogens is 281 g/mol. The van der Waals surface area contributed by atoms with Gasteiger partial charge in [-0.25, -0.2) is 4.99 Å². The van der Waals surface area contributed by atoms with Gasteiger partial charge in [0, 0.05) is 14.8 Å². The normalized spacial score (nSPS) is 13.8. The molecule has 2 aromatic rings. The summed E-state index contributed by atoms with van der Waals surface area (Å²) >= 11 is 15.4. The summed E-state index contributed by atoms with van der Waals surface area (Å²) in [5.41, 5.74) is 0.839. The molecule has 0 saturated carbocycles. The van der Waals surface area contributed by atoms with Crippen LogP contribution in [0.15, 0.2) is 44.4 Å². The number of fused-ring (bicyclic) bond motifs is 2. The van der Waals surface area contributed by atoms with Gasteiger partial charge in [0.2, 0.25) is 0 Å². The first-order valence-electron chi connectivity index (χ1n) is 4.53. The predicted octanol–water partition coefficient (Wildman–Crippen LogP) is 5.18. The maximum absolute atomic E-state index is 6.18. The second-order valence-electron chi connectivity index (χ2n) is 3.23. The zero-order valence-corrected chi connectivity index (χ0v) is 11.1. The molecule has 1 aromatic carbocycles. The SMILES string of the molecule is ClC1=Nc2cc(Cl)ccc2Sc2ccsc21. The van der Waals surface area contributed by atoms with Crippen molar-refractivity contribution in [2.24, 2.45) is 4.99 Å². The lowest BCUT2D eigenvalue weighted by Crippen LogP contribution is -1.84. The topological polar surface area (TPSA) is 12.4 Å². The van der Waals surface area contributed by atoms with Gasteiger partial charge >= 0.3 is 0 Å². The van der Waals surface area contributed by atoms with Gasteiger partial charge in [-0.3, -0.25) is 0 Å². The van der Waals surface area contributed by atoms with Crippen LogP contribution in [0.4, 0.5) is 5.69 Å². The van der Waals surface area contributed by atoms with Gasteiger partial charge < -0.3 is 0 Å². The highest BCUT2D eigenvalue weighted by Crippen LogP contribution is 2.43. The fourth-order valence-corrected chi connectivity index (χ4v) is 3.95. The van der Waals surface area contributed by atoms with E-state index >= 15 is 0 Å². The molecule has 0 spiro atoms. The minimum absolute atomic E-state index is 0.540. The number of halogens is 2. The Balaban J connectivity index is 2.23. The van der Waals surface area contributed by atoms with Gasteiger partial charge in [0.25, 0.3) is 0 Å². The zero-order valence-electron chi connectivity index (χ0n) is 7.91. The average molecular weight is 286 g/mol. The van der Waals surface area contributed by atoms with E-state index in [4.69, 9.17) is 23.2 Å². The van der Waals surface area contributed by atoms with Crippen molar-refractivity contribution < 1.29 is 0 Å². The van der Waals surface area contributed by atoms with E-state index in [0.29, 0.717) is 10.2 Å². The van der Waals surface area contributed by atoms with E-state index in [9.17, 15) is 0 Å². The van der Waals surface area contributed by atoms with Crippen LogP contribution >= 0.6 is 46.3 Å². The Morgan fingerprint density at radius 1 is 1.06 bits per heavy atom. The Morgan fingerprint density at radius 2 is 1.94 bits per heavy atom. The molecule has 0 amide bonds. The lowest BCUT2D eigenvalue weighted by Gasteiger charge is -2.01. The Labute approximate surface area is 111 Å². The van der Waals surface area contributed by atoms with Gasteiger partial charge in [-0.15, -0.1) is 11.3 Å². The van der Waals surface area contributed by atoms with Crippen LogP contribution in [-0.4, -0.2) is 5.17 Å². The quantitative estimate of drug-likeness (QED) is 0.649. The Kier molecular flexibility index (Phi) is 2.72. The second-order valence-corrected chi connectivity index (χ2v) is 6.03. The predicted molar refractivity (Wildman–Crippen MR) is 71.9 cm³/mol. The monoisotopic (exact) mass is 285 g/mol. The Hall–Kier alpha value is -0.480. The van der Waals surface area contributed by atoms with E-state index in [2.05, 4.69) is 11.1 Å². The summed E-state index contributed by atoms with van der Waals surface area (Å²) in [6.45, 7) is 0. The number of hydrogen-bond acceptors (Lipinski definition) is 3. The molecule has 0 radical (unpaired) electrons. The van der Waals surface area contributed by atoms with E-state index in [-0.39, 0.29) is 0 Å². The standard InChI is InChI=1S/C11H5Cl2NS2/c12-6-1-2-8-7(5-6)14-11(13)10-9(16-8)3-4-15-10/h1-5H. The molecule has 0 atom stereocenters. The minimum Gasteiger partial charge on any atom is -0.234 e. The van der Waals surface area contributed by atoms with E-state index in [1.165, 1.54) is 0 Å². The van der Waals surface area contributed by atoms with Crippen LogP contribution < -0.4 is 0 Å². The summed E-state index contributed by atoms with van der Waals surface area (Å²) < 4.78 is 0. The number of thiophene rings is 1. The first-order valence-corrected chi connectivity index (χ1v) is 6.99. The lowest BCUT2D eigenvalue weighted by atomic mass is 10.3. The molecule has 1 nitrogen and oxygen atoms in total. The van der Waals surface area contributed by atoms with Crippen molar-refractivity contribution in [1.29, 1.82) is 0 Å². The van der Waals surface area contributed by atoms with Gasteiger partial charge in [0.1, 0.15) is 5.17 Å². The van der Waals surface area contributed by atoms with Crippen LogP contribution in [0.25, 0.3) is 0 Å². The van der Waals surface area contributed by atoms with Crippen LogP contribution in [0, 0.1) is 0 Å². The van der Waals surface area contributed by atoms with Crippen molar-refractivity contribution in [2.45, 2.75) is 9.79 Å². The molecule has 16 heavy (non-hydrogen) atoms. The van der Waals surface area contributed by atoms with Crippen LogP contribution in [0.2, 0.25) is 5.02 Å². The summed E-state index contributed by atoms with van der Waals surface area (Å²) in [6.07, 6.45) is 0. The highest BCUT2D eigenvalue weighted by Gasteiger charge is 2.17. The zero-order chi connectivity index (χ0) is 11.1. The van der Waals surface area contributed by atoms with Gasteiger partial charge in [0.15, 0.2) is 0 Å². The minimum atomic E-state index is 0.540. The number of benzene rings is 1. The fourth-order valence-electron chi connectivity index (χ4n) is 1.47.